The Hall–Kier alpha value is -0.660. The van der Waals surface area contributed by atoms with Crippen LogP contribution in [0.4, 0.5) is 4.39 Å². The van der Waals surface area contributed by atoms with Crippen LogP contribution in [0.15, 0.2) is 12.2 Å². The van der Waals surface area contributed by atoms with E-state index >= 15 is 0 Å². The van der Waals surface area contributed by atoms with E-state index in [9.17, 15) is 9.18 Å². The topological polar surface area (TPSA) is 17.1 Å². The van der Waals surface area contributed by atoms with E-state index in [1.54, 1.807) is 0 Å². The normalized spacial score (nSPS) is 46.7. The molecular formula is C9H11FO. The van der Waals surface area contributed by atoms with Crippen molar-refractivity contribution in [3.8, 4) is 0 Å². The summed E-state index contributed by atoms with van der Waals surface area (Å²) < 4.78 is 13.7. The Morgan fingerprint density at radius 2 is 2.36 bits per heavy atom. The molecule has 11 heavy (non-hydrogen) atoms. The fraction of sp³-hybridized carbons (Fsp3) is 0.667. The highest BCUT2D eigenvalue weighted by atomic mass is 19.1. The van der Waals surface area contributed by atoms with Crippen molar-refractivity contribution in [1.82, 2.24) is 0 Å². The summed E-state index contributed by atoms with van der Waals surface area (Å²) in [6, 6.07) is 0. The van der Waals surface area contributed by atoms with Crippen molar-refractivity contribution >= 4 is 5.78 Å². The summed E-state index contributed by atoms with van der Waals surface area (Å²) in [6.07, 6.45) is 5.15. The zero-order valence-electron chi connectivity index (χ0n) is 6.51. The smallest absolute Gasteiger partial charge is 0.175 e. The van der Waals surface area contributed by atoms with Crippen LogP contribution in [0.3, 0.4) is 0 Å². The van der Waals surface area contributed by atoms with E-state index in [4.69, 9.17) is 0 Å². The van der Waals surface area contributed by atoms with Crippen LogP contribution in [0.5, 0.6) is 0 Å². The molecule has 0 radical (unpaired) electrons. The van der Waals surface area contributed by atoms with Crippen molar-refractivity contribution in [3.63, 3.8) is 0 Å². The summed E-state index contributed by atoms with van der Waals surface area (Å²) >= 11 is 0. The van der Waals surface area contributed by atoms with E-state index < -0.39 is 5.67 Å². The summed E-state index contributed by atoms with van der Waals surface area (Å²) in [5, 5.41) is 0. The van der Waals surface area contributed by atoms with Crippen LogP contribution < -0.4 is 0 Å². The first-order valence-corrected chi connectivity index (χ1v) is 4.01. The van der Waals surface area contributed by atoms with Gasteiger partial charge in [0, 0.05) is 5.92 Å². The van der Waals surface area contributed by atoms with Gasteiger partial charge in [0.1, 0.15) is 0 Å². The fourth-order valence-electron chi connectivity index (χ4n) is 2.20. The third-order valence-corrected chi connectivity index (χ3v) is 2.90. The molecule has 0 aromatic rings. The molecule has 1 fully saturated rings. The number of carbonyl (C=O) groups excluding carboxylic acids is 1. The molecule has 1 nitrogen and oxygen atoms in total. The largest absolute Gasteiger partial charge is 0.296 e. The quantitative estimate of drug-likeness (QED) is 0.527. The summed E-state index contributed by atoms with van der Waals surface area (Å²) in [6.45, 7) is 1.36. The molecule has 60 valence electrons. The lowest BCUT2D eigenvalue weighted by Gasteiger charge is -2.23. The maximum atomic E-state index is 13.7. The summed E-state index contributed by atoms with van der Waals surface area (Å²) in [4.78, 5) is 10.9. The predicted molar refractivity (Wildman–Crippen MR) is 39.9 cm³/mol. The van der Waals surface area contributed by atoms with Gasteiger partial charge in [-0.3, -0.25) is 4.79 Å². The zero-order valence-corrected chi connectivity index (χ0v) is 6.51. The second-order valence-corrected chi connectivity index (χ2v) is 3.61. The molecule has 0 amide bonds. The van der Waals surface area contributed by atoms with Crippen LogP contribution >= 0.6 is 0 Å². The summed E-state index contributed by atoms with van der Waals surface area (Å²) in [5.74, 6) is -0.0896. The Kier molecular flexibility index (Phi) is 1.23. The lowest BCUT2D eigenvalue weighted by atomic mass is 9.87. The number of hydrogen-bond donors (Lipinski definition) is 0. The predicted octanol–water partition coefficient (Wildman–Crippen LogP) is 1.88. The zero-order chi connectivity index (χ0) is 8.06. The second-order valence-electron chi connectivity index (χ2n) is 3.61. The molecule has 0 unspecified atom stereocenters. The van der Waals surface area contributed by atoms with Crippen LogP contribution in [0.2, 0.25) is 0 Å². The molecule has 1 saturated carbocycles. The minimum absolute atomic E-state index is 0.120. The monoisotopic (exact) mass is 154 g/mol. The van der Waals surface area contributed by atoms with Gasteiger partial charge in [-0.1, -0.05) is 12.2 Å². The fourth-order valence-corrected chi connectivity index (χ4v) is 2.20. The van der Waals surface area contributed by atoms with E-state index in [2.05, 4.69) is 0 Å². The van der Waals surface area contributed by atoms with Crippen molar-refractivity contribution in [2.45, 2.75) is 25.4 Å². The number of halogens is 1. The number of allylic oxidation sites excluding steroid dienone is 2. The van der Waals surface area contributed by atoms with Crippen LogP contribution in [-0.2, 0) is 4.79 Å². The molecular weight excluding hydrogens is 143 g/mol. The number of hydrogen-bond acceptors (Lipinski definition) is 1. The van der Waals surface area contributed by atoms with E-state index in [0.717, 1.165) is 6.42 Å². The van der Waals surface area contributed by atoms with Gasteiger partial charge in [0.05, 0.1) is 0 Å². The van der Waals surface area contributed by atoms with Gasteiger partial charge in [-0.05, 0) is 25.7 Å². The molecule has 0 saturated heterocycles. The highest BCUT2D eigenvalue weighted by Crippen LogP contribution is 2.48. The number of fused-ring (bicyclic) bond motifs is 2. The minimum atomic E-state index is -1.51. The van der Waals surface area contributed by atoms with Crippen LogP contribution in [0.1, 0.15) is 19.8 Å². The van der Waals surface area contributed by atoms with Crippen molar-refractivity contribution in [3.05, 3.63) is 12.2 Å². The summed E-state index contributed by atoms with van der Waals surface area (Å²) in [7, 11) is 0. The van der Waals surface area contributed by atoms with Crippen molar-refractivity contribution in [2.75, 3.05) is 0 Å². The van der Waals surface area contributed by atoms with E-state index in [1.807, 2.05) is 12.2 Å². The Morgan fingerprint density at radius 3 is 2.64 bits per heavy atom. The average Bonchev–Trinajstić information content (AvgIpc) is 2.45. The van der Waals surface area contributed by atoms with Gasteiger partial charge in [-0.15, -0.1) is 0 Å². The third-order valence-electron chi connectivity index (χ3n) is 2.90. The highest BCUT2D eigenvalue weighted by Gasteiger charge is 2.52. The maximum Gasteiger partial charge on any atom is 0.175 e. The first kappa shape index (κ1) is 7.01. The third kappa shape index (κ3) is 0.784. The highest BCUT2D eigenvalue weighted by molar-refractivity contribution is 5.86. The van der Waals surface area contributed by atoms with Gasteiger partial charge < -0.3 is 0 Å². The molecule has 2 rings (SSSR count). The van der Waals surface area contributed by atoms with Crippen molar-refractivity contribution in [1.29, 1.82) is 0 Å². The van der Waals surface area contributed by atoms with Gasteiger partial charge in [-0.2, -0.15) is 0 Å². The molecule has 2 aliphatic carbocycles. The van der Waals surface area contributed by atoms with Gasteiger partial charge in [-0.25, -0.2) is 4.39 Å². The molecule has 0 N–H and O–H groups in total. The second kappa shape index (κ2) is 1.93. The molecule has 0 spiro atoms. The van der Waals surface area contributed by atoms with E-state index in [0.29, 0.717) is 12.3 Å². The Morgan fingerprint density at radius 1 is 1.64 bits per heavy atom. The minimum Gasteiger partial charge on any atom is -0.296 e. The number of rotatable bonds is 1. The van der Waals surface area contributed by atoms with E-state index in [1.165, 1.54) is 6.92 Å². The van der Waals surface area contributed by atoms with Crippen LogP contribution in [0, 0.1) is 11.8 Å². The van der Waals surface area contributed by atoms with Gasteiger partial charge in [0.2, 0.25) is 0 Å². The SMILES string of the molecule is CC(=O)[C@]1(F)C[C@H]2C=C[C@@H]1C2. The number of alkyl halides is 1. The number of ketones is 1. The first-order chi connectivity index (χ1) is 5.13. The van der Waals surface area contributed by atoms with Crippen molar-refractivity contribution in [2.24, 2.45) is 11.8 Å². The Labute approximate surface area is 65.3 Å². The molecule has 2 bridgehead atoms. The maximum absolute atomic E-state index is 13.7. The lowest BCUT2D eigenvalue weighted by Crippen LogP contribution is -2.35. The van der Waals surface area contributed by atoms with E-state index in [-0.39, 0.29) is 11.7 Å². The average molecular weight is 154 g/mol. The molecule has 0 aromatic carbocycles. The van der Waals surface area contributed by atoms with Crippen molar-refractivity contribution < 1.29 is 9.18 Å². The van der Waals surface area contributed by atoms with Gasteiger partial charge in [0.25, 0.3) is 0 Å². The molecule has 2 aliphatic rings. The Bertz CT molecular complexity index is 234. The molecule has 0 aliphatic heterocycles. The standard InChI is InChI=1S/C9H11FO/c1-6(11)9(10)5-7-2-3-8(9)4-7/h2-3,7-8H,4-5H2,1H3/t7-,8+,9+/m0/s1. The first-order valence-electron chi connectivity index (χ1n) is 4.01. The van der Waals surface area contributed by atoms with Gasteiger partial charge in [0.15, 0.2) is 11.5 Å². The number of Topliss-reactive ketones (excluding diaryl/α,β-unsaturated/α-hetero) is 1. The lowest BCUT2D eigenvalue weighted by molar-refractivity contribution is -0.129. The number of carbonyl (C=O) groups is 1. The van der Waals surface area contributed by atoms with Crippen LogP contribution in [-0.4, -0.2) is 11.5 Å². The van der Waals surface area contributed by atoms with Crippen LogP contribution in [0.25, 0.3) is 0 Å². The molecule has 0 heterocycles. The molecule has 2 heteroatoms. The molecule has 3 atom stereocenters. The van der Waals surface area contributed by atoms with Gasteiger partial charge >= 0.3 is 0 Å². The summed E-state index contributed by atoms with van der Waals surface area (Å²) in [5.41, 5.74) is -1.51. The molecule has 0 aromatic heterocycles. The Balaban J connectivity index is 2.30.